The number of rotatable bonds is 3. The van der Waals surface area contributed by atoms with E-state index in [1.165, 1.54) is 4.68 Å². The van der Waals surface area contributed by atoms with Gasteiger partial charge in [-0.05, 0) is 18.6 Å². The summed E-state index contributed by atoms with van der Waals surface area (Å²) in [6.07, 6.45) is 0.424. The topological polar surface area (TPSA) is 61.0 Å². The first kappa shape index (κ1) is 12.9. The van der Waals surface area contributed by atoms with Gasteiger partial charge >= 0.3 is 5.69 Å². The van der Waals surface area contributed by atoms with Gasteiger partial charge in [0.1, 0.15) is 5.69 Å². The summed E-state index contributed by atoms with van der Waals surface area (Å²) in [5.74, 6) is 0. The molecule has 0 N–H and O–H groups in total. The molecule has 0 aliphatic carbocycles. The minimum absolute atomic E-state index is 0.0371. The van der Waals surface area contributed by atoms with E-state index < -0.39 is 4.92 Å². The van der Waals surface area contributed by atoms with Gasteiger partial charge in [-0.15, -0.1) is 0 Å². The maximum absolute atomic E-state index is 11.0. The number of hydrogen-bond acceptors (Lipinski definition) is 3. The van der Waals surface area contributed by atoms with E-state index in [0.29, 0.717) is 22.8 Å². The average molecular weight is 286 g/mol. The minimum atomic E-state index is -0.526. The molecule has 1 heterocycles. The molecular weight excluding hydrogens is 277 g/mol. The number of hydrogen-bond donors (Lipinski definition) is 0. The Morgan fingerprint density at radius 1 is 1.39 bits per heavy atom. The van der Waals surface area contributed by atoms with Gasteiger partial charge in [0.2, 0.25) is 5.15 Å². The minimum Gasteiger partial charge on any atom is -0.258 e. The normalized spacial score (nSPS) is 10.6. The van der Waals surface area contributed by atoms with Gasteiger partial charge in [0.15, 0.2) is 0 Å². The van der Waals surface area contributed by atoms with Crippen LogP contribution in [0.15, 0.2) is 24.3 Å². The molecule has 7 heteroatoms. The zero-order valence-electron chi connectivity index (χ0n) is 9.43. The molecule has 94 valence electrons. The molecule has 0 bridgehead atoms. The lowest BCUT2D eigenvalue weighted by molar-refractivity contribution is -0.385. The molecule has 2 rings (SSSR count). The Kier molecular flexibility index (Phi) is 3.54. The third-order valence-corrected chi connectivity index (χ3v) is 3.13. The highest BCUT2D eigenvalue weighted by Crippen LogP contribution is 2.32. The Balaban J connectivity index is 2.67. The zero-order valence-corrected chi connectivity index (χ0v) is 10.9. The van der Waals surface area contributed by atoms with Gasteiger partial charge in [-0.1, -0.05) is 42.3 Å². The maximum Gasteiger partial charge on any atom is 0.329 e. The second-order valence-corrected chi connectivity index (χ2v) is 4.33. The first-order valence-corrected chi connectivity index (χ1v) is 5.98. The smallest absolute Gasteiger partial charge is 0.258 e. The summed E-state index contributed by atoms with van der Waals surface area (Å²) in [5.41, 5.74) is 0.691. The predicted octanol–water partition coefficient (Wildman–Crippen LogP) is 3.65. The van der Waals surface area contributed by atoms with E-state index in [1.54, 1.807) is 31.2 Å². The van der Waals surface area contributed by atoms with E-state index in [9.17, 15) is 10.1 Å². The molecule has 1 aromatic carbocycles. The van der Waals surface area contributed by atoms with Crippen molar-refractivity contribution in [2.45, 2.75) is 13.3 Å². The SMILES string of the molecule is CCc1nn(-c2ccccc2Cl)c(Cl)c1[N+](=O)[O-]. The van der Waals surface area contributed by atoms with Crippen LogP contribution in [0.1, 0.15) is 12.6 Å². The second kappa shape index (κ2) is 4.96. The molecule has 2 aromatic rings. The van der Waals surface area contributed by atoms with Gasteiger partial charge in [-0.3, -0.25) is 10.1 Å². The maximum atomic E-state index is 11.0. The van der Waals surface area contributed by atoms with Crippen LogP contribution < -0.4 is 0 Å². The summed E-state index contributed by atoms with van der Waals surface area (Å²) in [6, 6.07) is 6.89. The van der Waals surface area contributed by atoms with Crippen LogP contribution in [0.5, 0.6) is 0 Å². The van der Waals surface area contributed by atoms with Crippen molar-refractivity contribution in [1.29, 1.82) is 0 Å². The van der Waals surface area contributed by atoms with Crippen molar-refractivity contribution in [3.8, 4) is 5.69 Å². The number of para-hydroxylation sites is 1. The molecule has 0 amide bonds. The Bertz CT molecular complexity index is 610. The lowest BCUT2D eigenvalue weighted by Gasteiger charge is -2.03. The molecule has 0 aliphatic heterocycles. The van der Waals surface area contributed by atoms with Crippen LogP contribution >= 0.6 is 23.2 Å². The fourth-order valence-corrected chi connectivity index (χ4v) is 2.16. The summed E-state index contributed by atoms with van der Waals surface area (Å²) >= 11 is 12.0. The molecule has 0 unspecified atom stereocenters. The van der Waals surface area contributed by atoms with Crippen molar-refractivity contribution in [3.63, 3.8) is 0 Å². The number of halogens is 2. The highest BCUT2D eigenvalue weighted by atomic mass is 35.5. The second-order valence-electron chi connectivity index (χ2n) is 3.56. The molecule has 0 spiro atoms. The quantitative estimate of drug-likeness (QED) is 0.639. The molecule has 5 nitrogen and oxygen atoms in total. The van der Waals surface area contributed by atoms with Crippen molar-refractivity contribution in [3.05, 3.63) is 50.2 Å². The number of aryl methyl sites for hydroxylation is 1. The van der Waals surface area contributed by atoms with Crippen molar-refractivity contribution >= 4 is 28.9 Å². The Hall–Kier alpha value is -1.59. The summed E-state index contributed by atoms with van der Waals surface area (Å²) < 4.78 is 1.29. The number of aromatic nitrogens is 2. The van der Waals surface area contributed by atoms with Gasteiger partial charge in [0.25, 0.3) is 0 Å². The van der Waals surface area contributed by atoms with Crippen LogP contribution in [-0.2, 0) is 6.42 Å². The van der Waals surface area contributed by atoms with Crippen molar-refractivity contribution in [2.75, 3.05) is 0 Å². The van der Waals surface area contributed by atoms with Crippen LogP contribution in [0.2, 0.25) is 10.2 Å². The van der Waals surface area contributed by atoms with Crippen molar-refractivity contribution in [2.24, 2.45) is 0 Å². The van der Waals surface area contributed by atoms with Gasteiger partial charge in [0, 0.05) is 0 Å². The largest absolute Gasteiger partial charge is 0.329 e. The van der Waals surface area contributed by atoms with E-state index in [-0.39, 0.29) is 10.8 Å². The molecular formula is C11H9Cl2N3O2. The van der Waals surface area contributed by atoms with Crippen LogP contribution in [0.4, 0.5) is 5.69 Å². The molecule has 1 aromatic heterocycles. The van der Waals surface area contributed by atoms with E-state index in [0.717, 1.165) is 0 Å². The molecule has 0 saturated carbocycles. The third kappa shape index (κ3) is 2.07. The highest BCUT2D eigenvalue weighted by molar-refractivity contribution is 6.34. The van der Waals surface area contributed by atoms with E-state index in [4.69, 9.17) is 23.2 Å². The molecule has 0 radical (unpaired) electrons. The predicted molar refractivity (Wildman–Crippen MR) is 69.6 cm³/mol. The number of nitrogens with zero attached hydrogens (tertiary/aromatic N) is 3. The highest BCUT2D eigenvalue weighted by Gasteiger charge is 2.26. The third-order valence-electron chi connectivity index (χ3n) is 2.47. The van der Waals surface area contributed by atoms with Crippen LogP contribution in [0, 0.1) is 10.1 Å². The average Bonchev–Trinajstić information content (AvgIpc) is 2.67. The lowest BCUT2D eigenvalue weighted by Crippen LogP contribution is -1.98. The summed E-state index contributed by atoms with van der Waals surface area (Å²) in [6.45, 7) is 1.78. The standard InChI is InChI=1S/C11H9Cl2N3O2/c1-2-8-10(16(17)18)11(13)15(14-8)9-6-4-3-5-7(9)12/h3-6H,2H2,1H3. The molecule has 0 aliphatic rings. The van der Waals surface area contributed by atoms with Gasteiger partial charge in [-0.2, -0.15) is 5.10 Å². The van der Waals surface area contributed by atoms with Gasteiger partial charge < -0.3 is 0 Å². The van der Waals surface area contributed by atoms with E-state index in [2.05, 4.69) is 5.10 Å². The van der Waals surface area contributed by atoms with Crippen molar-refractivity contribution < 1.29 is 4.92 Å². The number of nitro groups is 1. The number of benzene rings is 1. The Labute approximate surface area is 113 Å². The Morgan fingerprint density at radius 3 is 2.56 bits per heavy atom. The van der Waals surface area contributed by atoms with Crippen LogP contribution in [0.25, 0.3) is 5.69 Å². The summed E-state index contributed by atoms with van der Waals surface area (Å²) in [5, 5.41) is 15.5. The van der Waals surface area contributed by atoms with Gasteiger partial charge in [-0.25, -0.2) is 4.68 Å². The molecule has 18 heavy (non-hydrogen) atoms. The first-order valence-electron chi connectivity index (χ1n) is 5.23. The summed E-state index contributed by atoms with van der Waals surface area (Å²) in [7, 11) is 0. The molecule has 0 fully saturated rings. The van der Waals surface area contributed by atoms with Crippen LogP contribution in [0.3, 0.4) is 0 Å². The first-order chi connectivity index (χ1) is 8.56. The van der Waals surface area contributed by atoms with E-state index >= 15 is 0 Å². The van der Waals surface area contributed by atoms with Gasteiger partial charge in [0.05, 0.1) is 15.6 Å². The molecule has 0 saturated heterocycles. The van der Waals surface area contributed by atoms with E-state index in [1.807, 2.05) is 0 Å². The molecule has 0 atom stereocenters. The lowest BCUT2D eigenvalue weighted by atomic mass is 10.3. The Morgan fingerprint density at radius 2 is 2.06 bits per heavy atom. The summed E-state index contributed by atoms with van der Waals surface area (Å²) in [4.78, 5) is 10.4. The fraction of sp³-hybridized carbons (Fsp3) is 0.182. The monoisotopic (exact) mass is 285 g/mol. The zero-order chi connectivity index (χ0) is 13.3. The van der Waals surface area contributed by atoms with Crippen molar-refractivity contribution in [1.82, 2.24) is 9.78 Å². The van der Waals surface area contributed by atoms with Crippen LogP contribution in [-0.4, -0.2) is 14.7 Å². The fourth-order valence-electron chi connectivity index (χ4n) is 1.63.